The molecule has 0 saturated heterocycles. The third kappa shape index (κ3) is 2.90. The Morgan fingerprint density at radius 2 is 1.89 bits per heavy atom. The zero-order chi connectivity index (χ0) is 19.3. The van der Waals surface area contributed by atoms with Gasteiger partial charge in [0.2, 0.25) is 0 Å². The Morgan fingerprint density at radius 1 is 1.00 bits per heavy atom. The fourth-order valence-electron chi connectivity index (χ4n) is 3.70. The van der Waals surface area contributed by atoms with Crippen LogP contribution in [0, 0.1) is 0 Å². The number of fused-ring (bicyclic) bond motifs is 2. The Labute approximate surface area is 169 Å². The topological polar surface area (TPSA) is 57.8 Å². The van der Waals surface area contributed by atoms with Gasteiger partial charge in [-0.15, -0.1) is 9.24 Å². The van der Waals surface area contributed by atoms with E-state index >= 15 is 0 Å². The van der Waals surface area contributed by atoms with Crippen LogP contribution in [0.15, 0.2) is 54.6 Å². The molecule has 0 bridgehead atoms. The molecular formula is C22H17ClN3OP. The summed E-state index contributed by atoms with van der Waals surface area (Å²) in [7, 11) is 2.74. The molecule has 1 aliphatic heterocycles. The van der Waals surface area contributed by atoms with Crippen molar-refractivity contribution in [1.82, 2.24) is 15.3 Å². The normalized spacial score (nSPS) is 13.4. The molecule has 2 aromatic heterocycles. The quantitative estimate of drug-likeness (QED) is 0.487. The SMILES string of the molecule is O=C1NCCc2[nH]c(-c3cccc4ccc(-c5cc(Cl)ccc5P)nc34)cc21. The summed E-state index contributed by atoms with van der Waals surface area (Å²) in [6, 6.07) is 17.9. The second kappa shape index (κ2) is 6.73. The van der Waals surface area contributed by atoms with Crippen molar-refractivity contribution in [3.63, 3.8) is 0 Å². The summed E-state index contributed by atoms with van der Waals surface area (Å²) in [5.41, 5.74) is 6.33. The van der Waals surface area contributed by atoms with Crippen LogP contribution in [0.25, 0.3) is 33.4 Å². The van der Waals surface area contributed by atoms with Gasteiger partial charge in [-0.2, -0.15) is 0 Å². The number of carbonyl (C=O) groups is 1. The minimum absolute atomic E-state index is 0.0239. The van der Waals surface area contributed by atoms with Crippen LogP contribution in [0.1, 0.15) is 16.1 Å². The van der Waals surface area contributed by atoms with Gasteiger partial charge in [0, 0.05) is 45.9 Å². The van der Waals surface area contributed by atoms with Gasteiger partial charge in [0.15, 0.2) is 0 Å². The van der Waals surface area contributed by atoms with Crippen LogP contribution in [0.3, 0.4) is 0 Å². The molecule has 0 spiro atoms. The van der Waals surface area contributed by atoms with Crippen molar-refractivity contribution >= 4 is 43.0 Å². The highest BCUT2D eigenvalue weighted by atomic mass is 35.5. The molecule has 138 valence electrons. The predicted octanol–water partition coefficient (Wildman–Crippen LogP) is 4.34. The number of benzene rings is 2. The lowest BCUT2D eigenvalue weighted by Crippen LogP contribution is -2.31. The molecule has 5 rings (SSSR count). The van der Waals surface area contributed by atoms with Crippen LogP contribution in [-0.4, -0.2) is 22.4 Å². The highest BCUT2D eigenvalue weighted by Crippen LogP contribution is 2.31. The number of rotatable bonds is 2. The summed E-state index contributed by atoms with van der Waals surface area (Å²) in [5.74, 6) is -0.0239. The lowest BCUT2D eigenvalue weighted by Gasteiger charge is -2.11. The lowest BCUT2D eigenvalue weighted by molar-refractivity contribution is 0.0946. The van der Waals surface area contributed by atoms with Gasteiger partial charge in [-0.05, 0) is 29.6 Å². The zero-order valence-corrected chi connectivity index (χ0v) is 16.8. The molecular weight excluding hydrogens is 389 g/mol. The Bertz CT molecular complexity index is 1250. The fraction of sp³-hybridized carbons (Fsp3) is 0.0909. The van der Waals surface area contributed by atoms with Crippen molar-refractivity contribution in [2.45, 2.75) is 6.42 Å². The minimum atomic E-state index is -0.0239. The van der Waals surface area contributed by atoms with Crippen molar-refractivity contribution in [1.29, 1.82) is 0 Å². The number of nitrogens with zero attached hydrogens (tertiary/aromatic N) is 1. The molecule has 0 aliphatic carbocycles. The third-order valence-corrected chi connectivity index (χ3v) is 5.84. The second-order valence-electron chi connectivity index (χ2n) is 6.89. The number of para-hydroxylation sites is 1. The van der Waals surface area contributed by atoms with E-state index in [0.29, 0.717) is 11.6 Å². The van der Waals surface area contributed by atoms with E-state index in [-0.39, 0.29) is 5.91 Å². The number of aromatic nitrogens is 2. The first-order chi connectivity index (χ1) is 13.6. The van der Waals surface area contributed by atoms with Crippen LogP contribution in [-0.2, 0) is 6.42 Å². The van der Waals surface area contributed by atoms with E-state index in [1.54, 1.807) is 0 Å². The van der Waals surface area contributed by atoms with E-state index < -0.39 is 0 Å². The number of H-pyrrole nitrogens is 1. The number of carbonyl (C=O) groups excluding carboxylic acids is 1. The van der Waals surface area contributed by atoms with E-state index in [1.807, 2.05) is 48.5 Å². The molecule has 0 fully saturated rings. The predicted molar refractivity (Wildman–Crippen MR) is 117 cm³/mol. The number of halogens is 1. The Hall–Kier alpha value is -2.68. The molecule has 2 aromatic carbocycles. The van der Waals surface area contributed by atoms with Crippen molar-refractivity contribution in [2.24, 2.45) is 0 Å². The van der Waals surface area contributed by atoms with Crippen molar-refractivity contribution in [3.8, 4) is 22.5 Å². The van der Waals surface area contributed by atoms with E-state index in [9.17, 15) is 4.79 Å². The van der Waals surface area contributed by atoms with Crippen LogP contribution in [0.2, 0.25) is 5.02 Å². The fourth-order valence-corrected chi connectivity index (χ4v) is 4.20. The summed E-state index contributed by atoms with van der Waals surface area (Å²) in [6.45, 7) is 0.662. The maximum Gasteiger partial charge on any atom is 0.253 e. The highest BCUT2D eigenvalue weighted by Gasteiger charge is 2.21. The van der Waals surface area contributed by atoms with Gasteiger partial charge in [-0.25, -0.2) is 4.98 Å². The van der Waals surface area contributed by atoms with Gasteiger partial charge in [-0.1, -0.05) is 41.9 Å². The van der Waals surface area contributed by atoms with E-state index in [2.05, 4.69) is 25.6 Å². The molecule has 4 nitrogen and oxygen atoms in total. The van der Waals surface area contributed by atoms with Gasteiger partial charge in [0.05, 0.1) is 16.8 Å². The molecule has 6 heteroatoms. The van der Waals surface area contributed by atoms with Crippen LogP contribution in [0.5, 0.6) is 0 Å². The van der Waals surface area contributed by atoms with E-state index in [1.165, 1.54) is 0 Å². The average molecular weight is 406 g/mol. The summed E-state index contributed by atoms with van der Waals surface area (Å²) in [5, 5.41) is 5.66. The summed E-state index contributed by atoms with van der Waals surface area (Å²) < 4.78 is 0. The van der Waals surface area contributed by atoms with Crippen LogP contribution in [0.4, 0.5) is 0 Å². The first kappa shape index (κ1) is 17.4. The summed E-state index contributed by atoms with van der Waals surface area (Å²) >= 11 is 6.20. The van der Waals surface area contributed by atoms with Crippen LogP contribution >= 0.6 is 20.8 Å². The van der Waals surface area contributed by atoms with Crippen LogP contribution < -0.4 is 10.6 Å². The largest absolute Gasteiger partial charge is 0.358 e. The van der Waals surface area contributed by atoms with Gasteiger partial charge >= 0.3 is 0 Å². The molecule has 4 aromatic rings. The van der Waals surface area contributed by atoms with E-state index in [0.717, 1.165) is 56.4 Å². The first-order valence-electron chi connectivity index (χ1n) is 9.06. The van der Waals surface area contributed by atoms with E-state index in [4.69, 9.17) is 16.6 Å². The molecule has 1 unspecified atom stereocenters. The van der Waals surface area contributed by atoms with Gasteiger partial charge in [-0.3, -0.25) is 4.79 Å². The maximum atomic E-state index is 12.1. The maximum absolute atomic E-state index is 12.1. The molecule has 1 amide bonds. The number of nitrogens with one attached hydrogen (secondary N) is 2. The Balaban J connectivity index is 1.70. The number of hydrogen-bond acceptors (Lipinski definition) is 2. The number of hydrogen-bond donors (Lipinski definition) is 2. The standard InChI is InChI=1S/C22H17ClN3OP/c23-13-5-7-20(28)15(10-13)17-6-4-12-2-1-3-14(21(12)26-17)19-11-16-18(25-19)8-9-24-22(16)27/h1-7,10-11,25H,8-9,28H2,(H,24,27). The Kier molecular flexibility index (Phi) is 4.19. The zero-order valence-electron chi connectivity index (χ0n) is 14.9. The molecule has 1 atom stereocenters. The highest BCUT2D eigenvalue weighted by molar-refractivity contribution is 7.28. The molecule has 28 heavy (non-hydrogen) atoms. The molecule has 0 radical (unpaired) electrons. The van der Waals surface area contributed by atoms with Gasteiger partial charge < -0.3 is 10.3 Å². The Morgan fingerprint density at radius 3 is 2.75 bits per heavy atom. The van der Waals surface area contributed by atoms with Crippen molar-refractivity contribution in [3.05, 3.63) is 70.9 Å². The number of aromatic amines is 1. The van der Waals surface area contributed by atoms with Crippen molar-refractivity contribution < 1.29 is 4.79 Å². The molecule has 3 heterocycles. The summed E-state index contributed by atoms with van der Waals surface area (Å²) in [6.07, 6.45) is 0.809. The summed E-state index contributed by atoms with van der Waals surface area (Å²) in [4.78, 5) is 20.5. The molecule has 0 saturated carbocycles. The smallest absolute Gasteiger partial charge is 0.253 e. The molecule has 1 aliphatic rings. The number of pyridine rings is 1. The monoisotopic (exact) mass is 405 g/mol. The molecule has 2 N–H and O–H groups in total. The minimum Gasteiger partial charge on any atom is -0.358 e. The second-order valence-corrected chi connectivity index (χ2v) is 7.94. The number of amides is 1. The van der Waals surface area contributed by atoms with Gasteiger partial charge in [0.25, 0.3) is 5.91 Å². The van der Waals surface area contributed by atoms with Crippen molar-refractivity contribution in [2.75, 3.05) is 6.54 Å². The first-order valence-corrected chi connectivity index (χ1v) is 10.0. The lowest BCUT2D eigenvalue weighted by atomic mass is 10.0. The third-order valence-electron chi connectivity index (χ3n) is 5.11. The van der Waals surface area contributed by atoms with Gasteiger partial charge in [0.1, 0.15) is 0 Å². The average Bonchev–Trinajstić information content (AvgIpc) is 3.14.